The van der Waals surface area contributed by atoms with Crippen molar-refractivity contribution >= 4 is 22.9 Å². The number of thioether (sulfide) groups is 1. The number of rotatable bonds is 8. The van der Waals surface area contributed by atoms with Crippen molar-refractivity contribution in [2.24, 2.45) is 7.05 Å². The zero-order valence-electron chi connectivity index (χ0n) is 19.5. The van der Waals surface area contributed by atoms with Gasteiger partial charge in [-0.15, -0.1) is 0 Å². The van der Waals surface area contributed by atoms with Crippen LogP contribution in [0.15, 0.2) is 79.9 Å². The molecule has 0 unspecified atom stereocenters. The predicted molar refractivity (Wildman–Crippen MR) is 137 cm³/mol. The van der Waals surface area contributed by atoms with Crippen molar-refractivity contribution in [1.82, 2.24) is 24.1 Å². The number of nitrogens with zero attached hydrogens (tertiary/aromatic N) is 4. The average molecular weight is 488 g/mol. The summed E-state index contributed by atoms with van der Waals surface area (Å²) >= 11 is 1.40. The van der Waals surface area contributed by atoms with Crippen LogP contribution in [0.3, 0.4) is 0 Å². The molecule has 0 aliphatic heterocycles. The molecular weight excluding hydrogens is 462 g/mol. The number of hydrogen-bond acceptors (Lipinski definition) is 6. The maximum absolute atomic E-state index is 12.5. The van der Waals surface area contributed by atoms with Crippen LogP contribution < -0.4 is 11.2 Å². The van der Waals surface area contributed by atoms with Gasteiger partial charge in [0.25, 0.3) is 10.8 Å². The SMILES string of the molecule is CCCCn1c(=O)[nH]c(=O)c2c1nc(CSc1nc(-c3ccccc3)c(-c3ccccc3)o1)n2C. The fraction of sp³-hybridized carbons (Fsp3) is 0.231. The Morgan fingerprint density at radius 1 is 0.971 bits per heavy atom. The highest BCUT2D eigenvalue weighted by Crippen LogP contribution is 2.36. The fourth-order valence-corrected chi connectivity index (χ4v) is 4.82. The lowest BCUT2D eigenvalue weighted by atomic mass is 10.1. The van der Waals surface area contributed by atoms with Gasteiger partial charge in [-0.1, -0.05) is 85.8 Å². The van der Waals surface area contributed by atoms with E-state index in [0.717, 1.165) is 29.7 Å². The zero-order chi connectivity index (χ0) is 24.4. The number of fused-ring (bicyclic) bond motifs is 1. The zero-order valence-corrected chi connectivity index (χ0v) is 20.3. The summed E-state index contributed by atoms with van der Waals surface area (Å²) in [5.41, 5.74) is 2.62. The molecular formula is C26H25N5O3S. The van der Waals surface area contributed by atoms with Crippen LogP contribution in [0.5, 0.6) is 0 Å². The molecule has 0 fully saturated rings. The van der Waals surface area contributed by atoms with Crippen LogP contribution in [-0.4, -0.2) is 24.1 Å². The van der Waals surface area contributed by atoms with Gasteiger partial charge in [0, 0.05) is 24.7 Å². The fourth-order valence-electron chi connectivity index (χ4n) is 4.01. The van der Waals surface area contributed by atoms with Gasteiger partial charge in [-0.25, -0.2) is 14.8 Å². The maximum atomic E-state index is 12.5. The molecule has 3 aromatic heterocycles. The van der Waals surface area contributed by atoms with E-state index >= 15 is 0 Å². The third-order valence-electron chi connectivity index (χ3n) is 5.86. The summed E-state index contributed by atoms with van der Waals surface area (Å²) in [6.07, 6.45) is 1.75. The number of nitrogens with one attached hydrogen (secondary N) is 1. The monoisotopic (exact) mass is 487 g/mol. The summed E-state index contributed by atoms with van der Waals surface area (Å²) < 4.78 is 9.48. The molecule has 0 bridgehead atoms. The van der Waals surface area contributed by atoms with E-state index in [-0.39, 0.29) is 0 Å². The smallest absolute Gasteiger partial charge is 0.330 e. The van der Waals surface area contributed by atoms with Gasteiger partial charge in [0.2, 0.25) is 0 Å². The van der Waals surface area contributed by atoms with Crippen LogP contribution in [-0.2, 0) is 19.3 Å². The summed E-state index contributed by atoms with van der Waals surface area (Å²) in [7, 11) is 1.79. The Morgan fingerprint density at radius 3 is 2.34 bits per heavy atom. The van der Waals surface area contributed by atoms with Crippen molar-refractivity contribution in [2.45, 2.75) is 37.3 Å². The van der Waals surface area contributed by atoms with Crippen molar-refractivity contribution in [2.75, 3.05) is 0 Å². The van der Waals surface area contributed by atoms with E-state index in [1.807, 2.05) is 60.7 Å². The first-order valence-electron chi connectivity index (χ1n) is 11.5. The first-order valence-corrected chi connectivity index (χ1v) is 12.5. The Hall–Kier alpha value is -3.85. The highest BCUT2D eigenvalue weighted by molar-refractivity contribution is 7.98. The van der Waals surface area contributed by atoms with E-state index in [1.165, 1.54) is 11.8 Å². The van der Waals surface area contributed by atoms with Gasteiger partial charge in [-0.3, -0.25) is 14.3 Å². The Balaban J connectivity index is 1.50. The molecule has 0 saturated heterocycles. The number of aromatic nitrogens is 5. The normalized spacial score (nSPS) is 11.4. The number of hydrogen-bond donors (Lipinski definition) is 1. The Labute approximate surface area is 205 Å². The van der Waals surface area contributed by atoms with Crippen LogP contribution in [0.4, 0.5) is 0 Å². The van der Waals surface area contributed by atoms with Crippen LogP contribution in [0.1, 0.15) is 25.6 Å². The molecule has 8 nitrogen and oxygen atoms in total. The summed E-state index contributed by atoms with van der Waals surface area (Å²) in [5.74, 6) is 1.79. The number of unbranched alkanes of at least 4 members (excludes halogenated alkanes) is 1. The van der Waals surface area contributed by atoms with Gasteiger partial charge in [-0.2, -0.15) is 0 Å². The van der Waals surface area contributed by atoms with Crippen molar-refractivity contribution in [3.05, 3.63) is 87.3 Å². The van der Waals surface area contributed by atoms with Gasteiger partial charge >= 0.3 is 5.69 Å². The number of aromatic amines is 1. The topological polar surface area (TPSA) is 98.7 Å². The standard InChI is InChI=1S/C26H25N5O3S/c1-3-4-15-31-23-21(24(32)29-25(31)33)30(2)19(27-23)16-35-26-28-20(17-11-7-5-8-12-17)22(34-26)18-13-9-6-10-14-18/h5-14H,3-4,15-16H2,1-2H3,(H,29,32,33). The predicted octanol–water partition coefficient (Wildman–Crippen LogP) is 4.84. The quantitative estimate of drug-likeness (QED) is 0.315. The molecule has 3 heterocycles. The lowest BCUT2D eigenvalue weighted by molar-refractivity contribution is 0.466. The maximum Gasteiger partial charge on any atom is 0.330 e. The third kappa shape index (κ3) is 4.46. The van der Waals surface area contributed by atoms with E-state index < -0.39 is 11.2 Å². The highest BCUT2D eigenvalue weighted by Gasteiger charge is 2.20. The molecule has 0 aliphatic carbocycles. The van der Waals surface area contributed by atoms with E-state index in [4.69, 9.17) is 9.40 Å². The second-order valence-corrected chi connectivity index (χ2v) is 9.13. The molecule has 178 valence electrons. The van der Waals surface area contributed by atoms with E-state index in [2.05, 4.69) is 16.9 Å². The minimum Gasteiger partial charge on any atom is -0.431 e. The molecule has 0 spiro atoms. The van der Waals surface area contributed by atoms with Crippen molar-refractivity contribution in [3.8, 4) is 22.6 Å². The van der Waals surface area contributed by atoms with Gasteiger partial charge in [0.15, 0.2) is 16.9 Å². The van der Waals surface area contributed by atoms with Gasteiger partial charge < -0.3 is 8.98 Å². The third-order valence-corrected chi connectivity index (χ3v) is 6.68. The number of H-pyrrole nitrogens is 1. The molecule has 0 amide bonds. The summed E-state index contributed by atoms with van der Waals surface area (Å²) in [5, 5.41) is 0.507. The molecule has 5 rings (SSSR count). The van der Waals surface area contributed by atoms with E-state index in [1.54, 1.807) is 16.2 Å². The summed E-state index contributed by atoms with van der Waals surface area (Å²) in [6.45, 7) is 2.56. The molecule has 0 aliphatic rings. The molecule has 2 aromatic carbocycles. The molecule has 1 N–H and O–H groups in total. The first-order chi connectivity index (χ1) is 17.1. The second kappa shape index (κ2) is 9.79. The minimum atomic E-state index is -0.433. The van der Waals surface area contributed by atoms with Crippen LogP contribution in [0.2, 0.25) is 0 Å². The summed E-state index contributed by atoms with van der Waals surface area (Å²) in [4.78, 5) is 36.8. The Bertz CT molecular complexity index is 1530. The Kier molecular flexibility index (Phi) is 6.41. The number of aryl methyl sites for hydroxylation is 2. The average Bonchev–Trinajstić information content (AvgIpc) is 3.45. The molecule has 0 saturated carbocycles. The van der Waals surface area contributed by atoms with Crippen molar-refractivity contribution in [1.29, 1.82) is 0 Å². The van der Waals surface area contributed by atoms with E-state index in [9.17, 15) is 9.59 Å². The molecule has 0 atom stereocenters. The first kappa shape index (κ1) is 22.9. The summed E-state index contributed by atoms with van der Waals surface area (Å²) in [6, 6.07) is 19.8. The van der Waals surface area contributed by atoms with Crippen LogP contribution in [0, 0.1) is 0 Å². The highest BCUT2D eigenvalue weighted by atomic mass is 32.2. The van der Waals surface area contributed by atoms with Crippen LogP contribution in [0.25, 0.3) is 33.7 Å². The lowest BCUT2D eigenvalue weighted by Crippen LogP contribution is -2.31. The van der Waals surface area contributed by atoms with Crippen molar-refractivity contribution < 1.29 is 4.42 Å². The van der Waals surface area contributed by atoms with E-state index in [0.29, 0.717) is 40.3 Å². The number of benzene rings is 2. The number of oxazole rings is 1. The second-order valence-electron chi connectivity index (χ2n) is 8.20. The van der Waals surface area contributed by atoms with Gasteiger partial charge in [0.1, 0.15) is 11.5 Å². The van der Waals surface area contributed by atoms with Gasteiger partial charge in [0.05, 0.1) is 5.75 Å². The largest absolute Gasteiger partial charge is 0.431 e. The number of imidazole rings is 1. The molecule has 9 heteroatoms. The Morgan fingerprint density at radius 2 is 1.66 bits per heavy atom. The van der Waals surface area contributed by atoms with Gasteiger partial charge in [-0.05, 0) is 6.42 Å². The molecule has 0 radical (unpaired) electrons. The lowest BCUT2D eigenvalue weighted by Gasteiger charge is -2.04. The minimum absolute atomic E-state index is 0.388. The molecule has 5 aromatic rings. The molecule has 35 heavy (non-hydrogen) atoms. The van der Waals surface area contributed by atoms with Crippen LogP contribution >= 0.6 is 11.8 Å². The van der Waals surface area contributed by atoms with Crippen molar-refractivity contribution in [3.63, 3.8) is 0 Å².